The summed E-state index contributed by atoms with van der Waals surface area (Å²) in [5.41, 5.74) is 2.28. The van der Waals surface area contributed by atoms with Crippen LogP contribution in [0.4, 0.5) is 0 Å². The summed E-state index contributed by atoms with van der Waals surface area (Å²) in [5, 5.41) is 2.41. The SMILES string of the molecule is O=CCN1CCC(c2ccc(C3CCC(=O)NC3=O)cc2)CC1. The van der Waals surface area contributed by atoms with Crippen LogP contribution in [0.3, 0.4) is 0 Å². The molecule has 2 heterocycles. The first-order chi connectivity index (χ1) is 11.2. The van der Waals surface area contributed by atoms with Crippen LogP contribution in [0.15, 0.2) is 24.3 Å². The Bertz CT molecular complexity index is 589. The molecule has 0 spiro atoms. The van der Waals surface area contributed by atoms with Gasteiger partial charge in [-0.05, 0) is 49.4 Å². The Morgan fingerprint density at radius 2 is 1.70 bits per heavy atom. The first-order valence-electron chi connectivity index (χ1n) is 8.27. The number of piperidine rings is 2. The summed E-state index contributed by atoms with van der Waals surface area (Å²) in [5.74, 6) is -0.0500. The molecule has 1 N–H and O–H groups in total. The van der Waals surface area contributed by atoms with Gasteiger partial charge in [-0.2, -0.15) is 0 Å². The molecule has 0 radical (unpaired) electrons. The minimum absolute atomic E-state index is 0.176. The van der Waals surface area contributed by atoms with Crippen LogP contribution in [0.1, 0.15) is 48.6 Å². The Balaban J connectivity index is 1.62. The van der Waals surface area contributed by atoms with Crippen LogP contribution in [0, 0.1) is 0 Å². The van der Waals surface area contributed by atoms with Gasteiger partial charge in [0, 0.05) is 6.42 Å². The van der Waals surface area contributed by atoms with Crippen molar-refractivity contribution in [3.8, 4) is 0 Å². The molecular weight excluding hydrogens is 292 g/mol. The lowest BCUT2D eigenvalue weighted by atomic mass is 9.86. The molecule has 23 heavy (non-hydrogen) atoms. The van der Waals surface area contributed by atoms with Gasteiger partial charge >= 0.3 is 0 Å². The minimum atomic E-state index is -0.212. The molecule has 3 rings (SSSR count). The molecule has 2 aliphatic rings. The van der Waals surface area contributed by atoms with E-state index in [2.05, 4.69) is 22.3 Å². The van der Waals surface area contributed by atoms with Crippen LogP contribution in [-0.4, -0.2) is 42.6 Å². The third-order valence-electron chi connectivity index (χ3n) is 4.97. The number of carbonyl (C=O) groups excluding carboxylic acids is 3. The molecule has 5 nitrogen and oxygen atoms in total. The molecule has 0 aromatic heterocycles. The number of imide groups is 1. The molecule has 2 saturated heterocycles. The van der Waals surface area contributed by atoms with Gasteiger partial charge in [0.15, 0.2) is 0 Å². The largest absolute Gasteiger partial charge is 0.302 e. The predicted molar refractivity (Wildman–Crippen MR) is 86.0 cm³/mol. The van der Waals surface area contributed by atoms with Crippen molar-refractivity contribution in [2.24, 2.45) is 0 Å². The summed E-state index contributed by atoms with van der Waals surface area (Å²) in [7, 11) is 0. The van der Waals surface area contributed by atoms with Crippen molar-refractivity contribution < 1.29 is 14.4 Å². The van der Waals surface area contributed by atoms with Gasteiger partial charge in [-0.15, -0.1) is 0 Å². The fraction of sp³-hybridized carbons (Fsp3) is 0.500. The van der Waals surface area contributed by atoms with E-state index in [1.54, 1.807) is 0 Å². The van der Waals surface area contributed by atoms with E-state index in [9.17, 15) is 14.4 Å². The van der Waals surface area contributed by atoms with Gasteiger partial charge in [-0.1, -0.05) is 24.3 Å². The molecule has 1 aromatic rings. The first kappa shape index (κ1) is 15.9. The highest BCUT2D eigenvalue weighted by atomic mass is 16.2. The van der Waals surface area contributed by atoms with Gasteiger partial charge in [-0.3, -0.25) is 19.8 Å². The summed E-state index contributed by atoms with van der Waals surface area (Å²) in [6.45, 7) is 2.44. The number of aldehydes is 1. The molecule has 122 valence electrons. The number of rotatable bonds is 4. The summed E-state index contributed by atoms with van der Waals surface area (Å²) in [4.78, 5) is 35.9. The lowest BCUT2D eigenvalue weighted by Gasteiger charge is -2.31. The molecule has 0 aliphatic carbocycles. The Hall–Kier alpha value is -2.01. The lowest BCUT2D eigenvalue weighted by molar-refractivity contribution is -0.134. The fourth-order valence-corrected chi connectivity index (χ4v) is 3.57. The van der Waals surface area contributed by atoms with Crippen LogP contribution in [0.2, 0.25) is 0 Å². The van der Waals surface area contributed by atoms with E-state index in [-0.39, 0.29) is 17.7 Å². The Kier molecular flexibility index (Phi) is 4.86. The summed E-state index contributed by atoms with van der Waals surface area (Å²) in [6, 6.07) is 8.26. The monoisotopic (exact) mass is 314 g/mol. The standard InChI is InChI=1S/C18H22N2O3/c21-12-11-20-9-7-14(8-10-20)13-1-3-15(4-2-13)16-5-6-17(22)19-18(16)23/h1-4,12,14,16H,5-11H2,(H,19,22,23). The molecule has 2 amide bonds. The zero-order valence-electron chi connectivity index (χ0n) is 13.2. The normalized spacial score (nSPS) is 23.6. The Labute approximate surface area is 136 Å². The molecule has 2 fully saturated rings. The van der Waals surface area contributed by atoms with E-state index in [0.29, 0.717) is 25.3 Å². The minimum Gasteiger partial charge on any atom is -0.302 e. The highest BCUT2D eigenvalue weighted by Crippen LogP contribution is 2.30. The van der Waals surface area contributed by atoms with E-state index >= 15 is 0 Å². The molecule has 5 heteroatoms. The number of amides is 2. The first-order valence-corrected chi connectivity index (χ1v) is 8.27. The van der Waals surface area contributed by atoms with Crippen molar-refractivity contribution >= 4 is 18.1 Å². The maximum atomic E-state index is 11.9. The maximum Gasteiger partial charge on any atom is 0.234 e. The maximum absolute atomic E-state index is 11.9. The van der Waals surface area contributed by atoms with Gasteiger partial charge in [0.25, 0.3) is 0 Å². The number of nitrogens with one attached hydrogen (secondary N) is 1. The Morgan fingerprint density at radius 1 is 1.04 bits per heavy atom. The fourth-order valence-electron chi connectivity index (χ4n) is 3.57. The molecule has 1 unspecified atom stereocenters. The van der Waals surface area contributed by atoms with E-state index in [1.807, 2.05) is 12.1 Å². The predicted octanol–water partition coefficient (Wildman–Crippen LogP) is 1.59. The second-order valence-corrected chi connectivity index (χ2v) is 6.41. The van der Waals surface area contributed by atoms with Crippen molar-refractivity contribution in [2.75, 3.05) is 19.6 Å². The van der Waals surface area contributed by atoms with Crippen molar-refractivity contribution in [2.45, 2.75) is 37.5 Å². The van der Waals surface area contributed by atoms with Crippen molar-refractivity contribution in [3.63, 3.8) is 0 Å². The molecule has 0 saturated carbocycles. The number of hydrogen-bond donors (Lipinski definition) is 1. The molecular formula is C18H22N2O3. The molecule has 1 atom stereocenters. The van der Waals surface area contributed by atoms with E-state index < -0.39 is 0 Å². The number of carbonyl (C=O) groups is 3. The van der Waals surface area contributed by atoms with E-state index in [0.717, 1.165) is 37.8 Å². The van der Waals surface area contributed by atoms with Crippen molar-refractivity contribution in [1.82, 2.24) is 10.2 Å². The zero-order valence-corrected chi connectivity index (χ0v) is 13.2. The average Bonchev–Trinajstić information content (AvgIpc) is 2.56. The van der Waals surface area contributed by atoms with Crippen LogP contribution in [0.25, 0.3) is 0 Å². The number of nitrogens with zero attached hydrogens (tertiary/aromatic N) is 1. The third-order valence-corrected chi connectivity index (χ3v) is 4.97. The van der Waals surface area contributed by atoms with Gasteiger partial charge in [-0.25, -0.2) is 0 Å². The quantitative estimate of drug-likeness (QED) is 0.677. The molecule has 0 bridgehead atoms. The summed E-state index contributed by atoms with van der Waals surface area (Å²) in [6.07, 6.45) is 4.09. The summed E-state index contributed by atoms with van der Waals surface area (Å²) < 4.78 is 0. The van der Waals surface area contributed by atoms with Crippen molar-refractivity contribution in [3.05, 3.63) is 35.4 Å². The number of likely N-dealkylation sites (tertiary alicyclic amines) is 1. The van der Waals surface area contributed by atoms with Crippen LogP contribution in [0.5, 0.6) is 0 Å². The zero-order chi connectivity index (χ0) is 16.2. The lowest BCUT2D eigenvalue weighted by Crippen LogP contribution is -2.39. The van der Waals surface area contributed by atoms with Gasteiger partial charge in [0.1, 0.15) is 6.29 Å². The van der Waals surface area contributed by atoms with E-state index in [4.69, 9.17) is 0 Å². The number of hydrogen-bond acceptors (Lipinski definition) is 4. The van der Waals surface area contributed by atoms with Crippen LogP contribution in [-0.2, 0) is 14.4 Å². The molecule has 2 aliphatic heterocycles. The second-order valence-electron chi connectivity index (χ2n) is 6.41. The van der Waals surface area contributed by atoms with Gasteiger partial charge in [0.2, 0.25) is 11.8 Å². The van der Waals surface area contributed by atoms with Crippen molar-refractivity contribution in [1.29, 1.82) is 0 Å². The molecule has 1 aromatic carbocycles. The Morgan fingerprint density at radius 3 is 2.30 bits per heavy atom. The number of benzene rings is 1. The highest BCUT2D eigenvalue weighted by Gasteiger charge is 2.28. The summed E-state index contributed by atoms with van der Waals surface area (Å²) >= 11 is 0. The topological polar surface area (TPSA) is 66.5 Å². The smallest absolute Gasteiger partial charge is 0.234 e. The third kappa shape index (κ3) is 3.67. The average molecular weight is 314 g/mol. The van der Waals surface area contributed by atoms with Gasteiger partial charge in [0.05, 0.1) is 12.5 Å². The van der Waals surface area contributed by atoms with Gasteiger partial charge < -0.3 is 4.79 Å². The van der Waals surface area contributed by atoms with E-state index in [1.165, 1.54) is 5.56 Å². The highest BCUT2D eigenvalue weighted by molar-refractivity contribution is 6.00. The van der Waals surface area contributed by atoms with Crippen LogP contribution < -0.4 is 5.32 Å². The second kappa shape index (κ2) is 7.04. The van der Waals surface area contributed by atoms with Crippen LogP contribution >= 0.6 is 0 Å².